The van der Waals surface area contributed by atoms with Crippen LogP contribution < -0.4 is 5.32 Å². The standard InChI is InChI=1S/C21H18N2O/c1-15-7-9-17(10-8-15)21-23-19-13-18(11-12-20(19)24-21)22-14-16-5-3-2-4-6-16/h2-13,22H,14H2,1H3. The molecule has 0 amide bonds. The highest BCUT2D eigenvalue weighted by Gasteiger charge is 2.08. The molecule has 3 aromatic carbocycles. The quantitative estimate of drug-likeness (QED) is 0.547. The average Bonchev–Trinajstić information content (AvgIpc) is 3.05. The van der Waals surface area contributed by atoms with Crippen LogP contribution in [0, 0.1) is 6.92 Å². The number of benzene rings is 3. The van der Waals surface area contributed by atoms with Crippen LogP contribution in [0.2, 0.25) is 0 Å². The molecule has 0 aliphatic rings. The number of nitrogens with zero attached hydrogens (tertiary/aromatic N) is 1. The fourth-order valence-electron chi connectivity index (χ4n) is 2.66. The maximum absolute atomic E-state index is 5.87. The number of rotatable bonds is 4. The Bertz CT molecular complexity index is 956. The van der Waals surface area contributed by atoms with Crippen molar-refractivity contribution in [2.45, 2.75) is 13.5 Å². The van der Waals surface area contributed by atoms with Gasteiger partial charge < -0.3 is 9.73 Å². The van der Waals surface area contributed by atoms with Gasteiger partial charge in [-0.2, -0.15) is 0 Å². The highest BCUT2D eigenvalue weighted by Crippen LogP contribution is 2.26. The van der Waals surface area contributed by atoms with Crippen LogP contribution in [-0.2, 0) is 6.54 Å². The van der Waals surface area contributed by atoms with Crippen molar-refractivity contribution in [3.8, 4) is 11.5 Å². The zero-order valence-electron chi connectivity index (χ0n) is 13.5. The number of hydrogen-bond donors (Lipinski definition) is 1. The summed E-state index contributed by atoms with van der Waals surface area (Å²) >= 11 is 0. The van der Waals surface area contributed by atoms with Crippen molar-refractivity contribution >= 4 is 16.8 Å². The summed E-state index contributed by atoms with van der Waals surface area (Å²) in [6, 6.07) is 24.6. The van der Waals surface area contributed by atoms with E-state index in [1.54, 1.807) is 0 Å². The maximum Gasteiger partial charge on any atom is 0.227 e. The summed E-state index contributed by atoms with van der Waals surface area (Å²) in [4.78, 5) is 4.62. The molecule has 3 nitrogen and oxygen atoms in total. The van der Waals surface area contributed by atoms with E-state index in [0.717, 1.165) is 28.9 Å². The normalized spacial score (nSPS) is 10.9. The summed E-state index contributed by atoms with van der Waals surface area (Å²) in [5.41, 5.74) is 6.17. The highest BCUT2D eigenvalue weighted by molar-refractivity contribution is 5.80. The van der Waals surface area contributed by atoms with E-state index in [4.69, 9.17) is 4.42 Å². The number of anilines is 1. The third kappa shape index (κ3) is 3.01. The van der Waals surface area contributed by atoms with Crippen LogP contribution in [0.15, 0.2) is 77.2 Å². The van der Waals surface area contributed by atoms with Crippen LogP contribution in [-0.4, -0.2) is 4.98 Å². The van der Waals surface area contributed by atoms with Crippen molar-refractivity contribution in [1.82, 2.24) is 4.98 Å². The second kappa shape index (κ2) is 6.20. The van der Waals surface area contributed by atoms with Gasteiger partial charge in [0, 0.05) is 17.8 Å². The largest absolute Gasteiger partial charge is 0.436 e. The molecule has 0 atom stereocenters. The van der Waals surface area contributed by atoms with Gasteiger partial charge in [-0.1, -0.05) is 48.0 Å². The molecule has 3 heteroatoms. The topological polar surface area (TPSA) is 38.1 Å². The van der Waals surface area contributed by atoms with Gasteiger partial charge in [-0.3, -0.25) is 0 Å². The molecule has 4 rings (SSSR count). The molecule has 0 fully saturated rings. The first-order valence-corrected chi connectivity index (χ1v) is 8.03. The van der Waals surface area contributed by atoms with Gasteiger partial charge in [0.15, 0.2) is 5.58 Å². The van der Waals surface area contributed by atoms with Gasteiger partial charge in [0.2, 0.25) is 5.89 Å². The molecule has 0 radical (unpaired) electrons. The van der Waals surface area contributed by atoms with Crippen LogP contribution >= 0.6 is 0 Å². The van der Waals surface area contributed by atoms with E-state index < -0.39 is 0 Å². The molecule has 0 spiro atoms. The Morgan fingerprint density at radius 2 is 1.71 bits per heavy atom. The van der Waals surface area contributed by atoms with Crippen molar-refractivity contribution < 1.29 is 4.42 Å². The van der Waals surface area contributed by atoms with Crippen LogP contribution in [0.3, 0.4) is 0 Å². The average molecular weight is 314 g/mol. The second-order valence-corrected chi connectivity index (χ2v) is 5.91. The molecule has 0 bridgehead atoms. The van der Waals surface area contributed by atoms with Gasteiger partial charge in [-0.15, -0.1) is 0 Å². The molecule has 1 N–H and O–H groups in total. The van der Waals surface area contributed by atoms with Crippen molar-refractivity contribution in [1.29, 1.82) is 0 Å². The fourth-order valence-corrected chi connectivity index (χ4v) is 2.66. The monoisotopic (exact) mass is 314 g/mol. The van der Waals surface area contributed by atoms with E-state index in [1.807, 2.05) is 48.5 Å². The number of nitrogens with one attached hydrogen (secondary N) is 1. The van der Waals surface area contributed by atoms with Crippen molar-refractivity contribution in [2.75, 3.05) is 5.32 Å². The summed E-state index contributed by atoms with van der Waals surface area (Å²) < 4.78 is 5.87. The molecule has 0 aliphatic carbocycles. The lowest BCUT2D eigenvalue weighted by Gasteiger charge is -2.05. The Balaban J connectivity index is 1.58. The summed E-state index contributed by atoms with van der Waals surface area (Å²) in [5, 5.41) is 3.43. The van der Waals surface area contributed by atoms with E-state index >= 15 is 0 Å². The summed E-state index contributed by atoms with van der Waals surface area (Å²) in [5.74, 6) is 0.658. The smallest absolute Gasteiger partial charge is 0.227 e. The number of aromatic nitrogens is 1. The first-order valence-electron chi connectivity index (χ1n) is 8.03. The van der Waals surface area contributed by atoms with Crippen LogP contribution in [0.25, 0.3) is 22.6 Å². The number of aryl methyl sites for hydroxylation is 1. The van der Waals surface area contributed by atoms with Gasteiger partial charge in [-0.25, -0.2) is 4.98 Å². The second-order valence-electron chi connectivity index (χ2n) is 5.91. The van der Waals surface area contributed by atoms with E-state index in [0.29, 0.717) is 5.89 Å². The van der Waals surface area contributed by atoms with E-state index in [-0.39, 0.29) is 0 Å². The molecule has 0 saturated heterocycles. The summed E-state index contributed by atoms with van der Waals surface area (Å²) in [7, 11) is 0. The van der Waals surface area contributed by atoms with Crippen molar-refractivity contribution in [3.05, 3.63) is 83.9 Å². The molecular formula is C21H18N2O. The van der Waals surface area contributed by atoms with Gasteiger partial charge in [0.05, 0.1) is 0 Å². The van der Waals surface area contributed by atoms with Crippen LogP contribution in [0.1, 0.15) is 11.1 Å². The Morgan fingerprint density at radius 3 is 2.50 bits per heavy atom. The van der Waals surface area contributed by atoms with E-state index in [2.05, 4.69) is 41.5 Å². The Hall–Kier alpha value is -3.07. The third-order valence-electron chi connectivity index (χ3n) is 4.03. The van der Waals surface area contributed by atoms with E-state index in [1.165, 1.54) is 11.1 Å². The predicted octanol–water partition coefficient (Wildman–Crippen LogP) is 5.42. The van der Waals surface area contributed by atoms with Crippen LogP contribution in [0.4, 0.5) is 5.69 Å². The molecule has 0 aliphatic heterocycles. The van der Waals surface area contributed by atoms with Crippen molar-refractivity contribution in [3.63, 3.8) is 0 Å². The van der Waals surface area contributed by atoms with Gasteiger partial charge in [0.1, 0.15) is 5.52 Å². The predicted molar refractivity (Wildman–Crippen MR) is 98.0 cm³/mol. The van der Waals surface area contributed by atoms with Crippen LogP contribution in [0.5, 0.6) is 0 Å². The minimum absolute atomic E-state index is 0.658. The molecule has 24 heavy (non-hydrogen) atoms. The molecule has 4 aromatic rings. The Kier molecular flexibility index (Phi) is 3.75. The van der Waals surface area contributed by atoms with Gasteiger partial charge >= 0.3 is 0 Å². The zero-order valence-corrected chi connectivity index (χ0v) is 13.5. The lowest BCUT2D eigenvalue weighted by Crippen LogP contribution is -1.98. The van der Waals surface area contributed by atoms with Crippen molar-refractivity contribution in [2.24, 2.45) is 0 Å². The zero-order chi connectivity index (χ0) is 16.4. The Morgan fingerprint density at radius 1 is 0.917 bits per heavy atom. The maximum atomic E-state index is 5.87. The molecule has 1 aromatic heterocycles. The number of oxazole rings is 1. The van der Waals surface area contributed by atoms with E-state index in [9.17, 15) is 0 Å². The van der Waals surface area contributed by atoms with Gasteiger partial charge in [0.25, 0.3) is 0 Å². The molecule has 0 saturated carbocycles. The summed E-state index contributed by atoms with van der Waals surface area (Å²) in [6.07, 6.45) is 0. The summed E-state index contributed by atoms with van der Waals surface area (Å²) in [6.45, 7) is 2.86. The fraction of sp³-hybridized carbons (Fsp3) is 0.0952. The Labute approximate surface area is 141 Å². The third-order valence-corrected chi connectivity index (χ3v) is 4.03. The lowest BCUT2D eigenvalue weighted by molar-refractivity contribution is 0.620. The number of fused-ring (bicyclic) bond motifs is 1. The minimum atomic E-state index is 0.658. The number of hydrogen-bond acceptors (Lipinski definition) is 3. The lowest BCUT2D eigenvalue weighted by atomic mass is 10.1. The molecule has 0 unspecified atom stereocenters. The molecule has 1 heterocycles. The molecule has 118 valence electrons. The highest BCUT2D eigenvalue weighted by atomic mass is 16.3. The first kappa shape index (κ1) is 14.5. The first-order chi connectivity index (χ1) is 11.8. The minimum Gasteiger partial charge on any atom is -0.436 e. The van der Waals surface area contributed by atoms with Gasteiger partial charge in [-0.05, 0) is 42.8 Å². The molecular weight excluding hydrogens is 296 g/mol. The SMILES string of the molecule is Cc1ccc(-c2nc3cc(NCc4ccccc4)ccc3o2)cc1.